The Labute approximate surface area is 171 Å². The molecule has 0 aromatic carbocycles. The lowest BCUT2D eigenvalue weighted by atomic mass is 10.1. The van der Waals surface area contributed by atoms with Crippen LogP contribution in [0.5, 0.6) is 0 Å². The van der Waals surface area contributed by atoms with Crippen molar-refractivity contribution in [3.63, 3.8) is 0 Å². The standard InChI is InChI=1S/C21H43NO4S/c1-6-18(4)14-24-16-20(17-25-15-19(5)7-2)26-11-9-12-27-13-10-21(23)22-8-3/h18-20H,6-17H2,1-5H3,(H,22,23). The summed E-state index contributed by atoms with van der Waals surface area (Å²) in [5, 5.41) is 2.82. The highest BCUT2D eigenvalue weighted by Crippen LogP contribution is 2.08. The molecule has 0 saturated heterocycles. The fourth-order valence-corrected chi connectivity index (χ4v) is 3.00. The number of carbonyl (C=O) groups is 1. The molecule has 0 bridgehead atoms. The molecule has 0 aromatic heterocycles. The van der Waals surface area contributed by atoms with Gasteiger partial charge in [0, 0.05) is 38.5 Å². The number of carbonyl (C=O) groups excluding carboxylic acids is 1. The van der Waals surface area contributed by atoms with Gasteiger partial charge in [-0.2, -0.15) is 11.8 Å². The van der Waals surface area contributed by atoms with Crippen molar-refractivity contribution < 1.29 is 19.0 Å². The van der Waals surface area contributed by atoms with Gasteiger partial charge in [0.05, 0.1) is 13.2 Å². The molecule has 0 fully saturated rings. The molecule has 0 aliphatic carbocycles. The molecule has 0 rings (SSSR count). The third-order valence-corrected chi connectivity index (χ3v) is 5.51. The van der Waals surface area contributed by atoms with Crippen molar-refractivity contribution in [2.45, 2.75) is 66.4 Å². The quantitative estimate of drug-likeness (QED) is 0.327. The highest BCUT2D eigenvalue weighted by molar-refractivity contribution is 7.99. The first-order chi connectivity index (χ1) is 13.0. The van der Waals surface area contributed by atoms with E-state index in [-0.39, 0.29) is 12.0 Å². The summed E-state index contributed by atoms with van der Waals surface area (Å²) < 4.78 is 17.6. The molecule has 5 nitrogen and oxygen atoms in total. The van der Waals surface area contributed by atoms with Crippen LogP contribution in [0, 0.1) is 11.8 Å². The van der Waals surface area contributed by atoms with Crippen molar-refractivity contribution in [2.75, 3.05) is 51.1 Å². The first-order valence-electron chi connectivity index (χ1n) is 10.6. The van der Waals surface area contributed by atoms with Gasteiger partial charge in [-0.3, -0.25) is 4.79 Å². The Bertz CT molecular complexity index is 328. The van der Waals surface area contributed by atoms with Gasteiger partial charge >= 0.3 is 0 Å². The van der Waals surface area contributed by atoms with E-state index in [9.17, 15) is 4.79 Å². The first-order valence-corrected chi connectivity index (χ1v) is 11.8. The van der Waals surface area contributed by atoms with Gasteiger partial charge < -0.3 is 19.5 Å². The maximum Gasteiger partial charge on any atom is 0.220 e. The number of rotatable bonds is 19. The minimum absolute atomic E-state index is 0.00144. The van der Waals surface area contributed by atoms with Crippen LogP contribution in [0.25, 0.3) is 0 Å². The molecule has 0 aliphatic rings. The molecule has 1 N–H and O–H groups in total. The summed E-state index contributed by atoms with van der Waals surface area (Å²) in [6, 6.07) is 0. The lowest BCUT2D eigenvalue weighted by Crippen LogP contribution is -2.28. The number of ether oxygens (including phenoxy) is 3. The van der Waals surface area contributed by atoms with Crippen molar-refractivity contribution in [1.82, 2.24) is 5.32 Å². The van der Waals surface area contributed by atoms with E-state index in [1.807, 2.05) is 6.92 Å². The third kappa shape index (κ3) is 17.5. The Morgan fingerprint density at radius 2 is 1.52 bits per heavy atom. The summed E-state index contributed by atoms with van der Waals surface area (Å²) in [5.41, 5.74) is 0. The second kappa shape index (κ2) is 19.0. The predicted molar refractivity (Wildman–Crippen MR) is 116 cm³/mol. The topological polar surface area (TPSA) is 56.8 Å². The number of thioether (sulfide) groups is 1. The summed E-state index contributed by atoms with van der Waals surface area (Å²) in [7, 11) is 0. The van der Waals surface area contributed by atoms with Crippen molar-refractivity contribution in [3.05, 3.63) is 0 Å². The average molecular weight is 406 g/mol. The van der Waals surface area contributed by atoms with Crippen LogP contribution in [0.15, 0.2) is 0 Å². The van der Waals surface area contributed by atoms with Gasteiger partial charge in [-0.05, 0) is 30.9 Å². The Kier molecular flexibility index (Phi) is 18.8. The van der Waals surface area contributed by atoms with E-state index in [2.05, 4.69) is 33.0 Å². The van der Waals surface area contributed by atoms with E-state index < -0.39 is 0 Å². The number of hydrogen-bond acceptors (Lipinski definition) is 5. The van der Waals surface area contributed by atoms with Crippen LogP contribution < -0.4 is 5.32 Å². The van der Waals surface area contributed by atoms with E-state index in [1.165, 1.54) is 0 Å². The Hall–Kier alpha value is -0.300. The van der Waals surface area contributed by atoms with Gasteiger partial charge in [-0.1, -0.05) is 40.5 Å². The summed E-state index contributed by atoms with van der Waals surface area (Å²) in [6.45, 7) is 14.9. The summed E-state index contributed by atoms with van der Waals surface area (Å²) >= 11 is 1.81. The third-order valence-electron chi connectivity index (χ3n) is 4.44. The van der Waals surface area contributed by atoms with Gasteiger partial charge in [0.1, 0.15) is 6.10 Å². The van der Waals surface area contributed by atoms with Crippen molar-refractivity contribution >= 4 is 17.7 Å². The van der Waals surface area contributed by atoms with Gasteiger partial charge in [0.25, 0.3) is 0 Å². The van der Waals surface area contributed by atoms with E-state index in [4.69, 9.17) is 14.2 Å². The molecule has 0 spiro atoms. The van der Waals surface area contributed by atoms with Gasteiger partial charge in [0.15, 0.2) is 0 Å². The molecule has 6 heteroatoms. The molecule has 0 heterocycles. The number of nitrogens with one attached hydrogen (secondary N) is 1. The number of amides is 1. The average Bonchev–Trinajstić information content (AvgIpc) is 2.66. The zero-order chi connectivity index (χ0) is 20.3. The highest BCUT2D eigenvalue weighted by atomic mass is 32.2. The number of hydrogen-bond donors (Lipinski definition) is 1. The van der Waals surface area contributed by atoms with Crippen LogP contribution in [-0.4, -0.2) is 63.1 Å². The molecule has 1 amide bonds. The van der Waals surface area contributed by atoms with Crippen LogP contribution in [0.1, 0.15) is 60.3 Å². The SMILES string of the molecule is CCNC(=O)CCSCCCOC(COCC(C)CC)COCC(C)CC. The Balaban J connectivity index is 3.91. The monoisotopic (exact) mass is 405 g/mol. The Morgan fingerprint density at radius 3 is 2.04 bits per heavy atom. The molecule has 0 radical (unpaired) electrons. The lowest BCUT2D eigenvalue weighted by Gasteiger charge is -2.20. The fourth-order valence-electron chi connectivity index (χ4n) is 2.14. The van der Waals surface area contributed by atoms with Crippen molar-refractivity contribution in [2.24, 2.45) is 11.8 Å². The normalized spacial score (nSPS) is 14.7. The second-order valence-electron chi connectivity index (χ2n) is 7.26. The molecular weight excluding hydrogens is 362 g/mol. The van der Waals surface area contributed by atoms with Gasteiger partial charge in [0.2, 0.25) is 5.91 Å². The highest BCUT2D eigenvalue weighted by Gasteiger charge is 2.12. The van der Waals surface area contributed by atoms with Crippen molar-refractivity contribution in [3.8, 4) is 0 Å². The zero-order valence-electron chi connectivity index (χ0n) is 18.3. The maximum atomic E-state index is 11.4. The summed E-state index contributed by atoms with van der Waals surface area (Å²) in [6.07, 6.45) is 3.83. The largest absolute Gasteiger partial charge is 0.378 e. The predicted octanol–water partition coefficient (Wildman–Crippen LogP) is 4.15. The van der Waals surface area contributed by atoms with Crippen LogP contribution in [0.4, 0.5) is 0 Å². The minimum Gasteiger partial charge on any atom is -0.378 e. The maximum absolute atomic E-state index is 11.4. The summed E-state index contributed by atoms with van der Waals surface area (Å²) in [4.78, 5) is 11.4. The van der Waals surface area contributed by atoms with Gasteiger partial charge in [-0.15, -0.1) is 0 Å². The Morgan fingerprint density at radius 1 is 0.926 bits per heavy atom. The van der Waals surface area contributed by atoms with E-state index >= 15 is 0 Å². The molecule has 0 aliphatic heterocycles. The smallest absolute Gasteiger partial charge is 0.220 e. The molecule has 0 aromatic rings. The fraction of sp³-hybridized carbons (Fsp3) is 0.952. The van der Waals surface area contributed by atoms with E-state index in [0.29, 0.717) is 44.6 Å². The molecule has 2 atom stereocenters. The molecule has 0 saturated carbocycles. The van der Waals surface area contributed by atoms with Crippen LogP contribution in [0.2, 0.25) is 0 Å². The van der Waals surface area contributed by atoms with E-state index in [1.54, 1.807) is 11.8 Å². The van der Waals surface area contributed by atoms with Crippen LogP contribution >= 0.6 is 11.8 Å². The molecule has 27 heavy (non-hydrogen) atoms. The molecule has 162 valence electrons. The first kappa shape index (κ1) is 26.7. The van der Waals surface area contributed by atoms with Crippen LogP contribution in [-0.2, 0) is 19.0 Å². The lowest BCUT2D eigenvalue weighted by molar-refractivity contribution is -0.120. The summed E-state index contributed by atoms with van der Waals surface area (Å²) in [5.74, 6) is 3.16. The van der Waals surface area contributed by atoms with E-state index in [0.717, 1.165) is 44.0 Å². The molecule has 2 unspecified atom stereocenters. The molecular formula is C21H43NO4S. The zero-order valence-corrected chi connectivity index (χ0v) is 19.1. The van der Waals surface area contributed by atoms with Crippen molar-refractivity contribution in [1.29, 1.82) is 0 Å². The second-order valence-corrected chi connectivity index (χ2v) is 8.49. The minimum atomic E-state index is -0.00144. The van der Waals surface area contributed by atoms with Gasteiger partial charge in [-0.25, -0.2) is 0 Å². The van der Waals surface area contributed by atoms with Crippen LogP contribution in [0.3, 0.4) is 0 Å².